The molecule has 1 fully saturated rings. The molecule has 104 valence electrons. The first-order valence-corrected chi connectivity index (χ1v) is 6.57. The van der Waals surface area contributed by atoms with E-state index < -0.39 is 5.97 Å². The van der Waals surface area contributed by atoms with E-state index in [4.69, 9.17) is 5.11 Å². The fourth-order valence-electron chi connectivity index (χ4n) is 2.51. The number of carbonyl (C=O) groups is 2. The number of aryl methyl sites for hydroxylation is 2. The van der Waals surface area contributed by atoms with Crippen molar-refractivity contribution < 1.29 is 14.7 Å². The molecule has 6 heteroatoms. The minimum atomic E-state index is -0.773. The smallest absolute Gasteiger partial charge is 0.306 e. The van der Waals surface area contributed by atoms with Gasteiger partial charge in [0.2, 0.25) is 0 Å². The van der Waals surface area contributed by atoms with Crippen LogP contribution in [-0.2, 0) is 18.3 Å². The van der Waals surface area contributed by atoms with Crippen molar-refractivity contribution in [3.8, 4) is 0 Å². The lowest BCUT2D eigenvalue weighted by molar-refractivity contribution is -0.141. The summed E-state index contributed by atoms with van der Waals surface area (Å²) in [5.41, 5.74) is 1.40. The molecule has 2 unspecified atom stereocenters. The van der Waals surface area contributed by atoms with Crippen LogP contribution in [0, 0.1) is 5.92 Å². The Bertz CT molecular complexity index is 495. The van der Waals surface area contributed by atoms with Gasteiger partial charge in [-0.25, -0.2) is 0 Å². The van der Waals surface area contributed by atoms with E-state index in [0.717, 1.165) is 18.5 Å². The third-order valence-corrected chi connectivity index (χ3v) is 3.64. The molecule has 0 aliphatic heterocycles. The molecule has 1 saturated carbocycles. The van der Waals surface area contributed by atoms with Crippen LogP contribution in [-0.4, -0.2) is 32.8 Å². The topological polar surface area (TPSA) is 84.2 Å². The average Bonchev–Trinajstić information content (AvgIpc) is 2.95. The van der Waals surface area contributed by atoms with Gasteiger partial charge < -0.3 is 10.4 Å². The molecule has 0 aromatic carbocycles. The van der Waals surface area contributed by atoms with Crippen LogP contribution in [0.1, 0.15) is 42.4 Å². The van der Waals surface area contributed by atoms with Crippen LogP contribution in [0.4, 0.5) is 0 Å². The third-order valence-electron chi connectivity index (χ3n) is 3.64. The molecule has 19 heavy (non-hydrogen) atoms. The summed E-state index contributed by atoms with van der Waals surface area (Å²) in [5, 5.41) is 16.1. The van der Waals surface area contributed by atoms with E-state index in [2.05, 4.69) is 10.4 Å². The predicted molar refractivity (Wildman–Crippen MR) is 68.8 cm³/mol. The molecule has 2 N–H and O–H groups in total. The van der Waals surface area contributed by atoms with Crippen LogP contribution < -0.4 is 5.32 Å². The van der Waals surface area contributed by atoms with Crippen molar-refractivity contribution in [3.63, 3.8) is 0 Å². The van der Waals surface area contributed by atoms with Crippen molar-refractivity contribution in [2.45, 2.75) is 38.6 Å². The monoisotopic (exact) mass is 265 g/mol. The van der Waals surface area contributed by atoms with Crippen LogP contribution in [0.3, 0.4) is 0 Å². The first kappa shape index (κ1) is 13.6. The van der Waals surface area contributed by atoms with Crippen molar-refractivity contribution in [1.29, 1.82) is 0 Å². The summed E-state index contributed by atoms with van der Waals surface area (Å²) >= 11 is 0. The fourth-order valence-corrected chi connectivity index (χ4v) is 2.51. The zero-order valence-electron chi connectivity index (χ0n) is 11.2. The number of carboxylic acids is 1. The molecule has 1 heterocycles. The highest BCUT2D eigenvalue weighted by molar-refractivity contribution is 5.93. The van der Waals surface area contributed by atoms with Crippen molar-refractivity contribution in [2.24, 2.45) is 13.0 Å². The lowest BCUT2D eigenvalue weighted by Crippen LogP contribution is -2.34. The number of nitrogens with zero attached hydrogens (tertiary/aromatic N) is 2. The summed E-state index contributed by atoms with van der Waals surface area (Å²) in [6, 6.07) is 1.73. The van der Waals surface area contributed by atoms with E-state index in [1.165, 1.54) is 0 Å². The first-order chi connectivity index (χ1) is 9.01. The molecule has 1 aliphatic rings. The SMILES string of the molecule is CCc1cc(C(=O)NC2CCC(C(=O)O)C2)n(C)n1. The van der Waals surface area contributed by atoms with Crippen LogP contribution in [0.15, 0.2) is 6.07 Å². The molecule has 1 amide bonds. The number of nitrogens with one attached hydrogen (secondary N) is 1. The van der Waals surface area contributed by atoms with Crippen molar-refractivity contribution in [3.05, 3.63) is 17.5 Å². The molecular weight excluding hydrogens is 246 g/mol. The van der Waals surface area contributed by atoms with E-state index in [9.17, 15) is 9.59 Å². The Morgan fingerprint density at radius 1 is 1.53 bits per heavy atom. The molecule has 1 aromatic rings. The minimum absolute atomic E-state index is 0.0476. The molecule has 1 aliphatic carbocycles. The first-order valence-electron chi connectivity index (χ1n) is 6.57. The Morgan fingerprint density at radius 2 is 2.26 bits per heavy atom. The fraction of sp³-hybridized carbons (Fsp3) is 0.615. The number of carboxylic acid groups (broad SMARTS) is 1. The molecular formula is C13H19N3O3. The molecule has 0 spiro atoms. The van der Waals surface area contributed by atoms with Crippen LogP contribution >= 0.6 is 0 Å². The number of rotatable bonds is 4. The lowest BCUT2D eigenvalue weighted by atomic mass is 10.1. The van der Waals surface area contributed by atoms with Gasteiger partial charge in [0, 0.05) is 13.1 Å². The van der Waals surface area contributed by atoms with E-state index in [1.54, 1.807) is 17.8 Å². The van der Waals surface area contributed by atoms with Gasteiger partial charge in [-0.1, -0.05) is 6.92 Å². The second kappa shape index (κ2) is 5.42. The zero-order chi connectivity index (χ0) is 14.0. The maximum atomic E-state index is 12.1. The van der Waals surface area contributed by atoms with Gasteiger partial charge in [0.25, 0.3) is 5.91 Å². The highest BCUT2D eigenvalue weighted by Crippen LogP contribution is 2.25. The average molecular weight is 265 g/mol. The highest BCUT2D eigenvalue weighted by Gasteiger charge is 2.31. The van der Waals surface area contributed by atoms with Gasteiger partial charge in [-0.3, -0.25) is 14.3 Å². The van der Waals surface area contributed by atoms with E-state index in [-0.39, 0.29) is 17.9 Å². The summed E-state index contributed by atoms with van der Waals surface area (Å²) < 4.78 is 1.57. The maximum absolute atomic E-state index is 12.1. The van der Waals surface area contributed by atoms with Gasteiger partial charge in [0.1, 0.15) is 5.69 Å². The second-order valence-electron chi connectivity index (χ2n) is 5.02. The van der Waals surface area contributed by atoms with Crippen LogP contribution in [0.2, 0.25) is 0 Å². The van der Waals surface area contributed by atoms with Gasteiger partial charge in [0.05, 0.1) is 11.6 Å². The normalized spacial score (nSPS) is 22.4. The van der Waals surface area contributed by atoms with Crippen molar-refractivity contribution in [1.82, 2.24) is 15.1 Å². The Balaban J connectivity index is 1.98. The molecule has 0 bridgehead atoms. The van der Waals surface area contributed by atoms with Crippen LogP contribution in [0.5, 0.6) is 0 Å². The summed E-state index contributed by atoms with van der Waals surface area (Å²) in [6.07, 6.45) is 2.65. The lowest BCUT2D eigenvalue weighted by Gasteiger charge is -2.12. The van der Waals surface area contributed by atoms with Crippen molar-refractivity contribution >= 4 is 11.9 Å². The standard InChI is InChI=1S/C13H19N3O3/c1-3-9-7-11(16(2)15-9)12(17)14-10-5-4-8(6-10)13(18)19/h7-8,10H,3-6H2,1-2H3,(H,14,17)(H,18,19). The Labute approximate surface area is 111 Å². The van der Waals surface area contributed by atoms with Gasteiger partial charge in [0.15, 0.2) is 0 Å². The Kier molecular flexibility index (Phi) is 3.87. The zero-order valence-corrected chi connectivity index (χ0v) is 11.2. The van der Waals surface area contributed by atoms with Crippen LogP contribution in [0.25, 0.3) is 0 Å². The molecule has 6 nitrogen and oxygen atoms in total. The molecule has 2 rings (SSSR count). The number of amides is 1. The maximum Gasteiger partial charge on any atom is 0.306 e. The highest BCUT2D eigenvalue weighted by atomic mass is 16.4. The van der Waals surface area contributed by atoms with Gasteiger partial charge >= 0.3 is 5.97 Å². The van der Waals surface area contributed by atoms with E-state index in [0.29, 0.717) is 18.5 Å². The van der Waals surface area contributed by atoms with Crippen molar-refractivity contribution in [2.75, 3.05) is 0 Å². The summed E-state index contributed by atoms with van der Waals surface area (Å²) in [7, 11) is 1.74. The summed E-state index contributed by atoms with van der Waals surface area (Å²) in [6.45, 7) is 1.98. The van der Waals surface area contributed by atoms with E-state index in [1.807, 2.05) is 6.92 Å². The number of aliphatic carboxylic acids is 1. The van der Waals surface area contributed by atoms with Gasteiger partial charge in [-0.05, 0) is 31.7 Å². The Hall–Kier alpha value is -1.85. The number of hydrogen-bond donors (Lipinski definition) is 2. The molecule has 0 saturated heterocycles. The number of hydrogen-bond acceptors (Lipinski definition) is 3. The largest absolute Gasteiger partial charge is 0.481 e. The third kappa shape index (κ3) is 2.94. The van der Waals surface area contributed by atoms with Gasteiger partial charge in [-0.15, -0.1) is 0 Å². The molecule has 2 atom stereocenters. The van der Waals surface area contributed by atoms with E-state index >= 15 is 0 Å². The van der Waals surface area contributed by atoms with Gasteiger partial charge in [-0.2, -0.15) is 5.10 Å². The molecule has 1 aromatic heterocycles. The number of carbonyl (C=O) groups excluding carboxylic acids is 1. The Morgan fingerprint density at radius 3 is 2.79 bits per heavy atom. The second-order valence-corrected chi connectivity index (χ2v) is 5.02. The molecule has 0 radical (unpaired) electrons. The summed E-state index contributed by atoms with van der Waals surface area (Å²) in [4.78, 5) is 23.0. The minimum Gasteiger partial charge on any atom is -0.481 e. The number of aromatic nitrogens is 2. The quantitative estimate of drug-likeness (QED) is 0.849. The predicted octanol–water partition coefficient (Wildman–Crippen LogP) is 0.966. The summed E-state index contributed by atoms with van der Waals surface area (Å²) in [5.74, 6) is -1.28.